The second-order valence-corrected chi connectivity index (χ2v) is 7.14. The van der Waals surface area contributed by atoms with Gasteiger partial charge in [0.2, 0.25) is 5.88 Å². The highest BCUT2D eigenvalue weighted by Crippen LogP contribution is 2.28. The van der Waals surface area contributed by atoms with Gasteiger partial charge in [0.05, 0.1) is 12.3 Å². The summed E-state index contributed by atoms with van der Waals surface area (Å²) in [5, 5.41) is 7.30. The molecular formula is C22H22F2N4O2. The molecule has 2 aromatic heterocycles. The quantitative estimate of drug-likeness (QED) is 0.642. The Hall–Kier alpha value is -3.29. The lowest BCUT2D eigenvalue weighted by Gasteiger charge is -2.10. The number of rotatable bonds is 7. The van der Waals surface area contributed by atoms with Crippen LogP contribution in [0.15, 0.2) is 36.5 Å². The fourth-order valence-corrected chi connectivity index (χ4v) is 3.60. The van der Waals surface area contributed by atoms with Crippen molar-refractivity contribution in [2.75, 3.05) is 6.61 Å². The molecule has 0 fully saturated rings. The van der Waals surface area contributed by atoms with Gasteiger partial charge in [0.25, 0.3) is 5.91 Å². The van der Waals surface area contributed by atoms with Gasteiger partial charge in [-0.2, -0.15) is 5.10 Å². The molecule has 0 saturated carbocycles. The average Bonchev–Trinajstić information content (AvgIpc) is 3.36. The zero-order chi connectivity index (χ0) is 21.1. The van der Waals surface area contributed by atoms with E-state index in [1.165, 1.54) is 6.07 Å². The second-order valence-electron chi connectivity index (χ2n) is 7.14. The number of halogens is 2. The van der Waals surface area contributed by atoms with Gasteiger partial charge in [-0.15, -0.1) is 0 Å². The van der Waals surface area contributed by atoms with Crippen LogP contribution < -0.4 is 10.1 Å². The van der Waals surface area contributed by atoms with Crippen molar-refractivity contribution in [1.82, 2.24) is 20.1 Å². The summed E-state index contributed by atoms with van der Waals surface area (Å²) in [5.41, 5.74) is 3.20. The van der Waals surface area contributed by atoms with Gasteiger partial charge in [0, 0.05) is 35.6 Å². The highest BCUT2D eigenvalue weighted by Gasteiger charge is 2.27. The Morgan fingerprint density at radius 3 is 2.90 bits per heavy atom. The molecule has 4 rings (SSSR count). The third-order valence-electron chi connectivity index (χ3n) is 5.03. The van der Waals surface area contributed by atoms with E-state index in [9.17, 15) is 13.6 Å². The summed E-state index contributed by atoms with van der Waals surface area (Å²) >= 11 is 0. The number of nitrogens with one attached hydrogen (secondary N) is 1. The number of aromatic nitrogens is 3. The molecule has 1 amide bonds. The average molecular weight is 412 g/mol. The zero-order valence-electron chi connectivity index (χ0n) is 16.6. The molecule has 0 unspecified atom stereocenters. The Kier molecular flexibility index (Phi) is 5.74. The monoisotopic (exact) mass is 412 g/mol. The van der Waals surface area contributed by atoms with Crippen molar-refractivity contribution < 1.29 is 18.3 Å². The molecule has 0 spiro atoms. The number of nitrogens with zero attached hydrogens (tertiary/aromatic N) is 3. The summed E-state index contributed by atoms with van der Waals surface area (Å²) in [7, 11) is 0. The van der Waals surface area contributed by atoms with Crippen molar-refractivity contribution in [3.8, 4) is 11.6 Å². The van der Waals surface area contributed by atoms with E-state index in [1.807, 2.05) is 13.0 Å². The molecule has 1 aromatic carbocycles. The van der Waals surface area contributed by atoms with E-state index in [-0.39, 0.29) is 12.5 Å². The van der Waals surface area contributed by atoms with Crippen molar-refractivity contribution in [3.63, 3.8) is 0 Å². The van der Waals surface area contributed by atoms with Crippen LogP contribution in [-0.4, -0.2) is 27.3 Å². The van der Waals surface area contributed by atoms with Crippen LogP contribution in [0.5, 0.6) is 5.88 Å². The molecule has 0 saturated heterocycles. The van der Waals surface area contributed by atoms with Gasteiger partial charge < -0.3 is 10.1 Å². The maximum absolute atomic E-state index is 13.7. The summed E-state index contributed by atoms with van der Waals surface area (Å²) in [5.74, 6) is -1.69. The molecule has 6 nitrogen and oxygen atoms in total. The Bertz CT molecular complexity index is 1080. The van der Waals surface area contributed by atoms with Gasteiger partial charge in [0.1, 0.15) is 0 Å². The Morgan fingerprint density at radius 2 is 2.10 bits per heavy atom. The van der Waals surface area contributed by atoms with Crippen LogP contribution >= 0.6 is 0 Å². The SMILES string of the molecule is CCCOc1ncccc1CNC(=O)c1nn(-c2ccc(F)c(F)c2)c2c1CCC2. The van der Waals surface area contributed by atoms with Crippen molar-refractivity contribution in [3.05, 3.63) is 70.7 Å². The second kappa shape index (κ2) is 8.61. The van der Waals surface area contributed by atoms with Crippen LogP contribution in [0.2, 0.25) is 0 Å². The molecule has 156 valence electrons. The van der Waals surface area contributed by atoms with Gasteiger partial charge in [-0.25, -0.2) is 18.4 Å². The standard InChI is InChI=1S/C22H22F2N4O2/c1-2-11-30-22-14(5-4-10-25-22)13-26-21(29)20-16-6-3-7-19(16)28(27-20)15-8-9-17(23)18(24)12-15/h4-5,8-10,12H,2-3,6-7,11,13H2,1H3,(H,26,29). The summed E-state index contributed by atoms with van der Waals surface area (Å²) in [6.07, 6.45) is 4.84. The molecule has 30 heavy (non-hydrogen) atoms. The minimum Gasteiger partial charge on any atom is -0.477 e. The molecule has 8 heteroatoms. The van der Waals surface area contributed by atoms with E-state index in [1.54, 1.807) is 16.9 Å². The molecule has 1 N–H and O–H groups in total. The van der Waals surface area contributed by atoms with Gasteiger partial charge in [-0.1, -0.05) is 13.0 Å². The van der Waals surface area contributed by atoms with E-state index < -0.39 is 11.6 Å². The van der Waals surface area contributed by atoms with Crippen LogP contribution in [0.3, 0.4) is 0 Å². The van der Waals surface area contributed by atoms with Crippen molar-refractivity contribution >= 4 is 5.91 Å². The number of carbonyl (C=O) groups excluding carboxylic acids is 1. The van der Waals surface area contributed by atoms with Crippen molar-refractivity contribution in [1.29, 1.82) is 0 Å². The lowest BCUT2D eigenvalue weighted by molar-refractivity contribution is 0.0944. The third-order valence-corrected chi connectivity index (χ3v) is 5.03. The first-order chi connectivity index (χ1) is 14.6. The van der Waals surface area contributed by atoms with Gasteiger partial charge in [0.15, 0.2) is 17.3 Å². The number of carbonyl (C=O) groups is 1. The largest absolute Gasteiger partial charge is 0.477 e. The lowest BCUT2D eigenvalue weighted by Crippen LogP contribution is -2.25. The van der Waals surface area contributed by atoms with Crippen molar-refractivity contribution in [2.45, 2.75) is 39.2 Å². The fourth-order valence-electron chi connectivity index (χ4n) is 3.60. The van der Waals surface area contributed by atoms with Crippen molar-refractivity contribution in [2.24, 2.45) is 0 Å². The normalized spacial score (nSPS) is 12.6. The number of amides is 1. The van der Waals surface area contributed by atoms with E-state index in [0.717, 1.165) is 54.6 Å². The third kappa shape index (κ3) is 3.90. The Labute approximate surface area is 172 Å². The molecule has 3 aromatic rings. The Balaban J connectivity index is 1.56. The molecule has 1 aliphatic rings. The number of hydrogen-bond donors (Lipinski definition) is 1. The van der Waals surface area contributed by atoms with E-state index in [4.69, 9.17) is 4.74 Å². The topological polar surface area (TPSA) is 69.0 Å². The number of benzene rings is 1. The van der Waals surface area contributed by atoms with E-state index in [0.29, 0.717) is 23.9 Å². The summed E-state index contributed by atoms with van der Waals surface area (Å²) in [6.45, 7) is 2.80. The smallest absolute Gasteiger partial charge is 0.272 e. The van der Waals surface area contributed by atoms with E-state index >= 15 is 0 Å². The molecule has 2 heterocycles. The predicted molar refractivity (Wildman–Crippen MR) is 107 cm³/mol. The fraction of sp³-hybridized carbons (Fsp3) is 0.318. The van der Waals surface area contributed by atoms with Gasteiger partial charge >= 0.3 is 0 Å². The minimum atomic E-state index is -0.947. The van der Waals surface area contributed by atoms with Crippen LogP contribution in [-0.2, 0) is 19.4 Å². The number of hydrogen-bond acceptors (Lipinski definition) is 4. The minimum absolute atomic E-state index is 0.249. The summed E-state index contributed by atoms with van der Waals surface area (Å²) < 4.78 is 34.2. The lowest BCUT2D eigenvalue weighted by atomic mass is 10.2. The molecule has 0 bridgehead atoms. The first-order valence-electron chi connectivity index (χ1n) is 9.99. The van der Waals surface area contributed by atoms with Crippen LogP contribution in [0.25, 0.3) is 5.69 Å². The molecule has 1 aliphatic carbocycles. The predicted octanol–water partition coefficient (Wildman–Crippen LogP) is 3.75. The zero-order valence-corrected chi connectivity index (χ0v) is 16.6. The first kappa shape index (κ1) is 20.0. The molecule has 0 radical (unpaired) electrons. The maximum Gasteiger partial charge on any atom is 0.272 e. The number of ether oxygens (including phenoxy) is 1. The number of pyridine rings is 1. The highest BCUT2D eigenvalue weighted by atomic mass is 19.2. The van der Waals surface area contributed by atoms with Crippen LogP contribution in [0, 0.1) is 11.6 Å². The molecule has 0 aliphatic heterocycles. The first-order valence-corrected chi connectivity index (χ1v) is 9.99. The Morgan fingerprint density at radius 1 is 1.23 bits per heavy atom. The van der Waals surface area contributed by atoms with Crippen LogP contribution in [0.1, 0.15) is 47.1 Å². The highest BCUT2D eigenvalue weighted by molar-refractivity contribution is 5.94. The molecular weight excluding hydrogens is 390 g/mol. The van der Waals surface area contributed by atoms with Gasteiger partial charge in [-0.3, -0.25) is 4.79 Å². The summed E-state index contributed by atoms with van der Waals surface area (Å²) in [6, 6.07) is 7.25. The molecule has 0 atom stereocenters. The van der Waals surface area contributed by atoms with Gasteiger partial charge in [-0.05, 0) is 43.9 Å². The number of fused-ring (bicyclic) bond motifs is 1. The maximum atomic E-state index is 13.7. The van der Waals surface area contributed by atoms with Crippen LogP contribution in [0.4, 0.5) is 8.78 Å². The van der Waals surface area contributed by atoms with E-state index in [2.05, 4.69) is 15.4 Å². The summed E-state index contributed by atoms with van der Waals surface area (Å²) in [4.78, 5) is 17.1.